The Morgan fingerprint density at radius 2 is 1.88 bits per heavy atom. The third kappa shape index (κ3) is 4.31. The summed E-state index contributed by atoms with van der Waals surface area (Å²) in [6.45, 7) is 0.0699. The molecule has 2 atom stereocenters. The van der Waals surface area contributed by atoms with Crippen molar-refractivity contribution in [3.63, 3.8) is 0 Å². The number of halogens is 3. The number of hydrogen-bond donors (Lipinski definition) is 1. The predicted molar refractivity (Wildman–Crippen MR) is 83.7 cm³/mol. The van der Waals surface area contributed by atoms with Gasteiger partial charge in [-0.15, -0.1) is 0 Å². The third-order valence-electron chi connectivity index (χ3n) is 4.23. The normalized spacial score (nSPS) is 22.4. The molecule has 1 fully saturated rings. The number of carbonyl (C=O) groups is 1. The average Bonchev–Trinajstić information content (AvgIpc) is 3.00. The van der Waals surface area contributed by atoms with Crippen LogP contribution in [0, 0.1) is 11.8 Å². The van der Waals surface area contributed by atoms with Gasteiger partial charge in [-0.2, -0.15) is 30.2 Å². The summed E-state index contributed by atoms with van der Waals surface area (Å²) in [5, 5.41) is 9.03. The molecule has 0 radical (unpaired) electrons. The van der Waals surface area contributed by atoms with Crippen molar-refractivity contribution in [2.24, 2.45) is 11.8 Å². The van der Waals surface area contributed by atoms with E-state index in [-0.39, 0.29) is 13.1 Å². The lowest BCUT2D eigenvalue weighted by Gasteiger charge is -2.26. The molecule has 0 unspecified atom stereocenters. The van der Waals surface area contributed by atoms with Gasteiger partial charge in [0, 0.05) is 26.2 Å². The molecule has 0 aliphatic carbocycles. The van der Waals surface area contributed by atoms with Crippen molar-refractivity contribution in [1.29, 1.82) is 0 Å². The summed E-state index contributed by atoms with van der Waals surface area (Å²) in [5.41, 5.74) is 0.689. The topological polar surface area (TPSA) is 77.9 Å². The van der Waals surface area contributed by atoms with E-state index in [0.717, 1.165) is 4.31 Å². The van der Waals surface area contributed by atoms with E-state index in [1.54, 1.807) is 37.3 Å². The second-order valence-electron chi connectivity index (χ2n) is 5.83. The highest BCUT2D eigenvalue weighted by Gasteiger charge is 2.55. The monoisotopic (exact) mass is 380 g/mol. The highest BCUT2D eigenvalue weighted by atomic mass is 32.2. The van der Waals surface area contributed by atoms with Gasteiger partial charge in [-0.1, -0.05) is 37.3 Å². The van der Waals surface area contributed by atoms with E-state index in [4.69, 9.17) is 5.11 Å². The lowest BCUT2D eigenvalue weighted by atomic mass is 9.96. The van der Waals surface area contributed by atoms with Crippen LogP contribution in [0.15, 0.2) is 30.3 Å². The van der Waals surface area contributed by atoms with E-state index in [2.05, 4.69) is 0 Å². The molecule has 1 aliphatic rings. The maximum absolute atomic E-state index is 13.1. The molecule has 10 heteroatoms. The fourth-order valence-electron chi connectivity index (χ4n) is 2.84. The van der Waals surface area contributed by atoms with Crippen molar-refractivity contribution in [2.75, 3.05) is 19.6 Å². The zero-order valence-electron chi connectivity index (χ0n) is 13.5. The summed E-state index contributed by atoms with van der Waals surface area (Å²) in [7, 11) is -4.21. The maximum atomic E-state index is 13.1. The van der Waals surface area contributed by atoms with Crippen LogP contribution in [0.4, 0.5) is 13.2 Å². The molecule has 1 aromatic carbocycles. The Kier molecular flexibility index (Phi) is 5.75. The van der Waals surface area contributed by atoms with Crippen LogP contribution >= 0.6 is 0 Å². The van der Waals surface area contributed by atoms with E-state index in [1.807, 2.05) is 0 Å². The first-order valence-corrected chi connectivity index (χ1v) is 9.05. The van der Waals surface area contributed by atoms with Gasteiger partial charge < -0.3 is 5.11 Å². The van der Waals surface area contributed by atoms with Crippen LogP contribution in [0.1, 0.15) is 12.5 Å². The zero-order chi connectivity index (χ0) is 18.8. The van der Waals surface area contributed by atoms with Gasteiger partial charge >= 0.3 is 12.1 Å². The van der Waals surface area contributed by atoms with Crippen molar-refractivity contribution in [3.05, 3.63) is 35.9 Å². The van der Waals surface area contributed by atoms with Crippen LogP contribution < -0.4 is 0 Å². The lowest BCUT2D eigenvalue weighted by Crippen LogP contribution is -2.43. The van der Waals surface area contributed by atoms with E-state index >= 15 is 0 Å². The number of carboxylic acid groups (broad SMARTS) is 1. The van der Waals surface area contributed by atoms with Gasteiger partial charge in [0.25, 0.3) is 10.2 Å². The first-order chi connectivity index (χ1) is 11.6. The average molecular weight is 380 g/mol. The minimum absolute atomic E-state index is 0.00456. The van der Waals surface area contributed by atoms with E-state index in [9.17, 15) is 26.4 Å². The summed E-state index contributed by atoms with van der Waals surface area (Å²) in [5.74, 6) is -5.66. The maximum Gasteiger partial charge on any atom is 0.393 e. The fourth-order valence-corrected chi connectivity index (χ4v) is 4.51. The zero-order valence-corrected chi connectivity index (χ0v) is 14.3. The van der Waals surface area contributed by atoms with Gasteiger partial charge in [0.15, 0.2) is 0 Å². The SMILES string of the molecule is CCN(Cc1ccccc1)S(=O)(=O)N1C[C@@H](C(F)(F)F)[C@H](C(=O)O)C1. The molecule has 1 N–H and O–H groups in total. The number of carboxylic acids is 1. The van der Waals surface area contributed by atoms with Crippen LogP contribution in [0.3, 0.4) is 0 Å². The molecule has 1 heterocycles. The van der Waals surface area contributed by atoms with E-state index < -0.39 is 47.3 Å². The summed E-state index contributed by atoms with van der Waals surface area (Å²) in [6.07, 6.45) is -4.77. The van der Waals surface area contributed by atoms with E-state index in [1.165, 1.54) is 0 Å². The van der Waals surface area contributed by atoms with Gasteiger partial charge in [-0.05, 0) is 5.56 Å². The van der Waals surface area contributed by atoms with Crippen molar-refractivity contribution in [1.82, 2.24) is 8.61 Å². The highest BCUT2D eigenvalue weighted by Crippen LogP contribution is 2.39. The van der Waals surface area contributed by atoms with Crippen molar-refractivity contribution in [2.45, 2.75) is 19.6 Å². The molecule has 0 bridgehead atoms. The summed E-state index contributed by atoms with van der Waals surface area (Å²) < 4.78 is 66.3. The number of alkyl halides is 3. The Balaban J connectivity index is 2.24. The predicted octanol–water partition coefficient (Wildman–Crippen LogP) is 1.95. The Morgan fingerprint density at radius 3 is 2.32 bits per heavy atom. The smallest absolute Gasteiger partial charge is 0.393 e. The molecule has 0 saturated carbocycles. The number of nitrogens with zero attached hydrogens (tertiary/aromatic N) is 2. The Labute approximate surface area is 144 Å². The first kappa shape index (κ1) is 19.7. The molecule has 1 aromatic rings. The minimum Gasteiger partial charge on any atom is -0.481 e. The third-order valence-corrected chi connectivity index (χ3v) is 6.22. The lowest BCUT2D eigenvalue weighted by molar-refractivity contribution is -0.187. The molecule has 0 spiro atoms. The second-order valence-corrected chi connectivity index (χ2v) is 7.76. The molecule has 25 heavy (non-hydrogen) atoms. The molecule has 2 rings (SSSR count). The van der Waals surface area contributed by atoms with Gasteiger partial charge in [0.2, 0.25) is 0 Å². The van der Waals surface area contributed by atoms with Crippen molar-refractivity contribution in [3.8, 4) is 0 Å². The molecule has 0 aromatic heterocycles. The quantitative estimate of drug-likeness (QED) is 0.818. The first-order valence-electron chi connectivity index (χ1n) is 7.66. The highest BCUT2D eigenvalue weighted by molar-refractivity contribution is 7.86. The van der Waals surface area contributed by atoms with Crippen molar-refractivity contribution >= 4 is 16.2 Å². The van der Waals surface area contributed by atoms with Gasteiger partial charge in [-0.3, -0.25) is 4.79 Å². The molecule has 1 aliphatic heterocycles. The molecule has 6 nitrogen and oxygen atoms in total. The summed E-state index contributed by atoms with van der Waals surface area (Å²) >= 11 is 0. The Morgan fingerprint density at radius 1 is 1.28 bits per heavy atom. The minimum atomic E-state index is -4.77. The fraction of sp³-hybridized carbons (Fsp3) is 0.533. The van der Waals surface area contributed by atoms with Crippen LogP contribution in [-0.4, -0.2) is 53.9 Å². The Bertz CT molecular complexity index is 709. The molecule has 0 amide bonds. The van der Waals surface area contributed by atoms with Gasteiger partial charge in [0.05, 0.1) is 11.8 Å². The number of hydrogen-bond acceptors (Lipinski definition) is 3. The molecular formula is C15H19F3N2O4S. The summed E-state index contributed by atoms with van der Waals surface area (Å²) in [6, 6.07) is 8.64. The molecule has 140 valence electrons. The van der Waals surface area contributed by atoms with Crippen LogP contribution in [-0.2, 0) is 21.5 Å². The van der Waals surface area contributed by atoms with Crippen molar-refractivity contribution < 1.29 is 31.5 Å². The number of rotatable bonds is 6. The van der Waals surface area contributed by atoms with Gasteiger partial charge in [0.1, 0.15) is 0 Å². The largest absolute Gasteiger partial charge is 0.481 e. The van der Waals surface area contributed by atoms with Crippen LogP contribution in [0.25, 0.3) is 0 Å². The van der Waals surface area contributed by atoms with Crippen LogP contribution in [0.2, 0.25) is 0 Å². The number of benzene rings is 1. The Hall–Kier alpha value is -1.65. The molecular weight excluding hydrogens is 361 g/mol. The molecule has 1 saturated heterocycles. The van der Waals surface area contributed by atoms with Gasteiger partial charge in [-0.25, -0.2) is 0 Å². The number of aliphatic carboxylic acids is 1. The van der Waals surface area contributed by atoms with Crippen LogP contribution in [0.5, 0.6) is 0 Å². The second kappa shape index (κ2) is 7.30. The standard InChI is InChI=1S/C15H19F3N2O4S/c1-2-19(8-11-6-4-3-5-7-11)25(23,24)20-9-12(14(21)22)13(10-20)15(16,17)18/h3-7,12-13H,2,8-10H2,1H3,(H,21,22)/t12-,13-/m1/s1. The summed E-state index contributed by atoms with van der Waals surface area (Å²) in [4.78, 5) is 11.1. The van der Waals surface area contributed by atoms with E-state index in [0.29, 0.717) is 9.87 Å².